The van der Waals surface area contributed by atoms with Crippen molar-refractivity contribution < 1.29 is 14.7 Å². The number of carbonyl (C=O) groups excluding carboxylic acids is 1. The number of hydrogen-bond donors (Lipinski definition) is 2. The number of nitrogens with zero attached hydrogens (tertiary/aromatic N) is 1. The summed E-state index contributed by atoms with van der Waals surface area (Å²) in [5, 5.41) is 13.6. The molecule has 1 amide bonds. The maximum atomic E-state index is 11.9. The van der Waals surface area contributed by atoms with Gasteiger partial charge in [-0.1, -0.05) is 38.1 Å². The van der Waals surface area contributed by atoms with Gasteiger partial charge in [-0.15, -0.1) is 11.3 Å². The summed E-state index contributed by atoms with van der Waals surface area (Å²) < 4.78 is 0. The summed E-state index contributed by atoms with van der Waals surface area (Å²) in [5.74, 6) is -1.09. The molecule has 2 rings (SSSR count). The highest BCUT2D eigenvalue weighted by atomic mass is 32.1. The molecule has 22 heavy (non-hydrogen) atoms. The number of nitrogens with one attached hydrogen (secondary N) is 1. The molecular weight excluding hydrogens is 300 g/mol. The third kappa shape index (κ3) is 3.71. The molecule has 0 bridgehead atoms. The van der Waals surface area contributed by atoms with Crippen molar-refractivity contribution in [2.45, 2.75) is 32.7 Å². The Hall–Kier alpha value is -2.21. The van der Waals surface area contributed by atoms with E-state index in [9.17, 15) is 9.59 Å². The first kappa shape index (κ1) is 16.2. The fraction of sp³-hybridized carbons (Fsp3) is 0.312. The largest absolute Gasteiger partial charge is 0.480 e. The van der Waals surface area contributed by atoms with Gasteiger partial charge in [0, 0.05) is 10.9 Å². The number of carboxylic acid groups (broad SMARTS) is 1. The number of aliphatic carboxylic acids is 1. The molecule has 0 aliphatic heterocycles. The fourth-order valence-corrected chi connectivity index (χ4v) is 2.66. The Bertz CT molecular complexity index is 677. The molecule has 1 unspecified atom stereocenters. The van der Waals surface area contributed by atoms with E-state index in [2.05, 4.69) is 24.1 Å². The quantitative estimate of drug-likeness (QED) is 0.887. The van der Waals surface area contributed by atoms with Crippen LogP contribution in [0, 0.1) is 0 Å². The summed E-state index contributed by atoms with van der Waals surface area (Å²) in [7, 11) is 0. The van der Waals surface area contributed by atoms with E-state index in [-0.39, 0.29) is 5.69 Å². The van der Waals surface area contributed by atoms with Crippen molar-refractivity contribution in [1.82, 2.24) is 10.3 Å². The number of rotatable bonds is 5. The van der Waals surface area contributed by atoms with Gasteiger partial charge >= 0.3 is 5.97 Å². The van der Waals surface area contributed by atoms with Crippen LogP contribution in [0.3, 0.4) is 0 Å². The SMILES string of the molecule is CC(NC(=O)c1csc(-c2ccc(C(C)C)cc2)n1)C(=O)O. The van der Waals surface area contributed by atoms with Crippen LogP contribution in [-0.2, 0) is 4.79 Å². The molecule has 6 heteroatoms. The van der Waals surface area contributed by atoms with Crippen LogP contribution in [0.2, 0.25) is 0 Å². The first-order chi connectivity index (χ1) is 10.4. The molecule has 0 saturated heterocycles. The van der Waals surface area contributed by atoms with Crippen LogP contribution in [0.1, 0.15) is 42.7 Å². The van der Waals surface area contributed by atoms with Gasteiger partial charge in [0.25, 0.3) is 5.91 Å². The highest BCUT2D eigenvalue weighted by Gasteiger charge is 2.17. The van der Waals surface area contributed by atoms with E-state index in [4.69, 9.17) is 5.11 Å². The van der Waals surface area contributed by atoms with Gasteiger partial charge in [-0.25, -0.2) is 4.98 Å². The van der Waals surface area contributed by atoms with E-state index in [1.54, 1.807) is 5.38 Å². The second-order valence-corrected chi connectivity index (χ2v) is 6.21. The first-order valence-corrected chi connectivity index (χ1v) is 7.86. The molecule has 2 N–H and O–H groups in total. The van der Waals surface area contributed by atoms with Crippen molar-refractivity contribution in [2.75, 3.05) is 0 Å². The van der Waals surface area contributed by atoms with Gasteiger partial charge in [0.15, 0.2) is 0 Å². The average molecular weight is 318 g/mol. The zero-order chi connectivity index (χ0) is 16.3. The van der Waals surface area contributed by atoms with Gasteiger partial charge in [-0.2, -0.15) is 0 Å². The highest BCUT2D eigenvalue weighted by Crippen LogP contribution is 2.25. The summed E-state index contributed by atoms with van der Waals surface area (Å²) in [6.45, 7) is 5.67. The number of aromatic nitrogens is 1. The smallest absolute Gasteiger partial charge is 0.325 e. The third-order valence-corrected chi connectivity index (χ3v) is 4.17. The lowest BCUT2D eigenvalue weighted by Gasteiger charge is -2.07. The van der Waals surface area contributed by atoms with Gasteiger partial charge in [0.2, 0.25) is 0 Å². The summed E-state index contributed by atoms with van der Waals surface area (Å²) >= 11 is 1.36. The van der Waals surface area contributed by atoms with Crippen LogP contribution in [0.25, 0.3) is 10.6 Å². The van der Waals surface area contributed by atoms with Crippen LogP contribution in [0.5, 0.6) is 0 Å². The molecule has 0 fully saturated rings. The zero-order valence-electron chi connectivity index (χ0n) is 12.7. The molecule has 0 radical (unpaired) electrons. The molecule has 0 spiro atoms. The van der Waals surface area contributed by atoms with E-state index in [1.807, 2.05) is 24.3 Å². The van der Waals surface area contributed by atoms with Gasteiger partial charge in [-0.05, 0) is 18.4 Å². The molecule has 1 atom stereocenters. The van der Waals surface area contributed by atoms with Crippen LogP contribution in [-0.4, -0.2) is 28.0 Å². The van der Waals surface area contributed by atoms with Crippen molar-refractivity contribution in [3.63, 3.8) is 0 Å². The van der Waals surface area contributed by atoms with Crippen molar-refractivity contribution >= 4 is 23.2 Å². The van der Waals surface area contributed by atoms with Gasteiger partial charge in [0.1, 0.15) is 16.7 Å². The van der Waals surface area contributed by atoms with Crippen LogP contribution in [0.15, 0.2) is 29.6 Å². The molecule has 1 aromatic heterocycles. The lowest BCUT2D eigenvalue weighted by molar-refractivity contribution is -0.138. The average Bonchev–Trinajstić information content (AvgIpc) is 2.97. The van der Waals surface area contributed by atoms with E-state index >= 15 is 0 Å². The Morgan fingerprint density at radius 2 is 1.82 bits per heavy atom. The Balaban J connectivity index is 2.14. The Morgan fingerprint density at radius 3 is 2.36 bits per heavy atom. The standard InChI is InChI=1S/C16H18N2O3S/c1-9(2)11-4-6-12(7-5-11)15-18-13(8-22-15)14(19)17-10(3)16(20)21/h4-10H,1-3H3,(H,17,19)(H,20,21). The lowest BCUT2D eigenvalue weighted by Crippen LogP contribution is -2.38. The zero-order valence-corrected chi connectivity index (χ0v) is 13.5. The molecule has 0 aliphatic carbocycles. The number of thiazole rings is 1. The maximum Gasteiger partial charge on any atom is 0.325 e. The summed E-state index contributed by atoms with van der Waals surface area (Å²) in [4.78, 5) is 26.9. The summed E-state index contributed by atoms with van der Waals surface area (Å²) in [6, 6.07) is 7.12. The normalized spacial score (nSPS) is 12.2. The van der Waals surface area contributed by atoms with E-state index < -0.39 is 17.9 Å². The Labute approximate surface area is 133 Å². The molecule has 0 saturated carbocycles. The number of amides is 1. The third-order valence-electron chi connectivity index (χ3n) is 3.28. The molecule has 2 aromatic rings. The van der Waals surface area contributed by atoms with Crippen molar-refractivity contribution in [3.8, 4) is 10.6 Å². The van der Waals surface area contributed by atoms with Crippen molar-refractivity contribution in [3.05, 3.63) is 40.9 Å². The van der Waals surface area contributed by atoms with Crippen LogP contribution >= 0.6 is 11.3 Å². The van der Waals surface area contributed by atoms with Gasteiger partial charge in [-0.3, -0.25) is 9.59 Å². The minimum absolute atomic E-state index is 0.237. The van der Waals surface area contributed by atoms with Crippen LogP contribution in [0.4, 0.5) is 0 Å². The minimum Gasteiger partial charge on any atom is -0.480 e. The van der Waals surface area contributed by atoms with Gasteiger partial charge in [0.05, 0.1) is 0 Å². The summed E-state index contributed by atoms with van der Waals surface area (Å²) in [5.41, 5.74) is 2.43. The fourth-order valence-electron chi connectivity index (χ4n) is 1.85. The monoisotopic (exact) mass is 318 g/mol. The highest BCUT2D eigenvalue weighted by molar-refractivity contribution is 7.13. The van der Waals surface area contributed by atoms with E-state index in [1.165, 1.54) is 23.8 Å². The molecule has 0 aliphatic rings. The second kappa shape index (κ2) is 6.70. The van der Waals surface area contributed by atoms with E-state index in [0.29, 0.717) is 5.92 Å². The molecule has 5 nitrogen and oxygen atoms in total. The second-order valence-electron chi connectivity index (χ2n) is 5.35. The summed E-state index contributed by atoms with van der Waals surface area (Å²) in [6.07, 6.45) is 0. The number of benzene rings is 1. The maximum absolute atomic E-state index is 11.9. The number of hydrogen-bond acceptors (Lipinski definition) is 4. The molecule has 116 valence electrons. The van der Waals surface area contributed by atoms with Gasteiger partial charge < -0.3 is 10.4 Å². The topological polar surface area (TPSA) is 79.3 Å². The first-order valence-electron chi connectivity index (χ1n) is 6.98. The van der Waals surface area contributed by atoms with E-state index in [0.717, 1.165) is 10.6 Å². The predicted molar refractivity (Wildman–Crippen MR) is 86.2 cm³/mol. The molecular formula is C16H18N2O3S. The molecule has 1 heterocycles. The number of carbonyl (C=O) groups is 2. The van der Waals surface area contributed by atoms with Crippen molar-refractivity contribution in [1.29, 1.82) is 0 Å². The Kier molecular flexibility index (Phi) is 4.92. The molecule has 1 aromatic carbocycles. The van der Waals surface area contributed by atoms with Crippen molar-refractivity contribution in [2.24, 2.45) is 0 Å². The number of carboxylic acids is 1. The lowest BCUT2D eigenvalue weighted by atomic mass is 10.0. The minimum atomic E-state index is -1.08. The predicted octanol–water partition coefficient (Wildman–Crippen LogP) is 3.14. The van der Waals surface area contributed by atoms with Crippen LogP contribution < -0.4 is 5.32 Å². The Morgan fingerprint density at radius 1 is 1.18 bits per heavy atom.